The molecule has 1 amide bonds. The molecule has 0 unspecified atom stereocenters. The van der Waals surface area contributed by atoms with Gasteiger partial charge in [0.1, 0.15) is 5.82 Å². The Bertz CT molecular complexity index is 1030. The predicted molar refractivity (Wildman–Crippen MR) is 112 cm³/mol. The van der Waals surface area contributed by atoms with Crippen LogP contribution in [0.15, 0.2) is 59.5 Å². The molecule has 0 aliphatic rings. The fraction of sp³-hybridized carbons (Fsp3) is 0.238. The first-order valence-electron chi connectivity index (χ1n) is 9.15. The van der Waals surface area contributed by atoms with Gasteiger partial charge in [-0.3, -0.25) is 4.79 Å². The Morgan fingerprint density at radius 3 is 2.27 bits per heavy atom. The van der Waals surface area contributed by atoms with Gasteiger partial charge in [-0.2, -0.15) is 0 Å². The summed E-state index contributed by atoms with van der Waals surface area (Å²) < 4.78 is 45.2. The van der Waals surface area contributed by atoms with Gasteiger partial charge in [-0.15, -0.1) is 0 Å². The Balaban J connectivity index is 1.94. The summed E-state index contributed by atoms with van der Waals surface area (Å²) in [6.45, 7) is 4.80. The average Bonchev–Trinajstić information content (AvgIpc) is 2.66. The first kappa shape index (κ1) is 23.2. The van der Waals surface area contributed by atoms with Crippen LogP contribution in [0.2, 0.25) is 0 Å². The zero-order chi connectivity index (χ0) is 22.3. The number of ether oxygens (including phenoxy) is 1. The van der Waals surface area contributed by atoms with Crippen molar-refractivity contribution in [3.63, 3.8) is 0 Å². The van der Waals surface area contributed by atoms with Crippen molar-refractivity contribution in [1.29, 1.82) is 0 Å². The van der Waals surface area contributed by atoms with Gasteiger partial charge < -0.3 is 10.1 Å². The number of esters is 1. The van der Waals surface area contributed by atoms with E-state index in [1.807, 2.05) is 0 Å². The topological polar surface area (TPSA) is 102 Å². The largest absolute Gasteiger partial charge is 0.449 e. The maximum Gasteiger partial charge on any atom is 0.331 e. The van der Waals surface area contributed by atoms with Crippen molar-refractivity contribution in [2.24, 2.45) is 0 Å². The van der Waals surface area contributed by atoms with E-state index in [1.54, 1.807) is 19.9 Å². The predicted octanol–water partition coefficient (Wildman–Crippen LogP) is 3.10. The number of nitrogens with one attached hydrogen (secondary N) is 2. The summed E-state index contributed by atoms with van der Waals surface area (Å²) in [5, 5.41) is 2.53. The summed E-state index contributed by atoms with van der Waals surface area (Å²) in [6, 6.07) is 11.2. The Labute approximate surface area is 175 Å². The Morgan fingerprint density at radius 2 is 1.67 bits per heavy atom. The van der Waals surface area contributed by atoms with Gasteiger partial charge in [0.05, 0.1) is 4.90 Å². The highest BCUT2D eigenvalue weighted by Gasteiger charge is 2.18. The number of carbonyl (C=O) groups excluding carboxylic acids is 2. The molecular formula is C21H23FN2O5S. The molecule has 7 nitrogen and oxygen atoms in total. The van der Waals surface area contributed by atoms with Gasteiger partial charge in [0.25, 0.3) is 5.91 Å². The molecule has 0 saturated heterocycles. The maximum absolute atomic E-state index is 13.5. The van der Waals surface area contributed by atoms with E-state index in [0.29, 0.717) is 5.69 Å². The van der Waals surface area contributed by atoms with Gasteiger partial charge in [0.2, 0.25) is 10.0 Å². The number of benzene rings is 2. The fourth-order valence-corrected chi connectivity index (χ4v) is 3.63. The first-order valence-corrected chi connectivity index (χ1v) is 10.6. The van der Waals surface area contributed by atoms with E-state index in [1.165, 1.54) is 55.5 Å². The minimum atomic E-state index is -3.64. The quantitative estimate of drug-likeness (QED) is 0.491. The van der Waals surface area contributed by atoms with Gasteiger partial charge in [-0.1, -0.05) is 18.2 Å². The molecule has 30 heavy (non-hydrogen) atoms. The molecule has 1 atom stereocenters. The molecule has 2 N–H and O–H groups in total. The summed E-state index contributed by atoms with van der Waals surface area (Å²) in [5.74, 6) is -1.89. The van der Waals surface area contributed by atoms with Crippen LogP contribution >= 0.6 is 0 Å². The molecule has 2 aromatic rings. The van der Waals surface area contributed by atoms with Crippen LogP contribution in [0.3, 0.4) is 0 Å². The highest BCUT2D eigenvalue weighted by molar-refractivity contribution is 7.89. The molecule has 0 aromatic heterocycles. The number of carbonyl (C=O) groups is 2. The molecule has 2 rings (SSSR count). The van der Waals surface area contributed by atoms with Gasteiger partial charge in [-0.05, 0) is 57.2 Å². The van der Waals surface area contributed by atoms with E-state index in [2.05, 4.69) is 10.0 Å². The lowest BCUT2D eigenvalue weighted by Gasteiger charge is -2.13. The molecule has 0 aliphatic carbocycles. The lowest BCUT2D eigenvalue weighted by atomic mass is 10.2. The zero-order valence-electron chi connectivity index (χ0n) is 16.8. The third-order valence-electron chi connectivity index (χ3n) is 3.79. The molecule has 9 heteroatoms. The van der Waals surface area contributed by atoms with Crippen LogP contribution in [0.5, 0.6) is 0 Å². The molecule has 0 fully saturated rings. The van der Waals surface area contributed by atoms with Crippen molar-refractivity contribution in [1.82, 2.24) is 4.72 Å². The van der Waals surface area contributed by atoms with Crippen LogP contribution in [0.1, 0.15) is 26.3 Å². The zero-order valence-corrected chi connectivity index (χ0v) is 17.6. The second-order valence-electron chi connectivity index (χ2n) is 6.72. The third kappa shape index (κ3) is 6.78. The van der Waals surface area contributed by atoms with Crippen LogP contribution in [-0.2, 0) is 24.3 Å². The SMILES string of the molecule is CC(C)NS(=O)(=O)c1ccc(NC(=O)[C@H](C)OC(=O)/C=C/c2ccccc2F)cc1. The van der Waals surface area contributed by atoms with E-state index in [4.69, 9.17) is 4.74 Å². The smallest absolute Gasteiger partial charge is 0.331 e. The molecule has 0 heterocycles. The average molecular weight is 434 g/mol. The van der Waals surface area contributed by atoms with E-state index < -0.39 is 33.8 Å². The van der Waals surface area contributed by atoms with Gasteiger partial charge in [0, 0.05) is 23.4 Å². The number of amides is 1. The molecule has 160 valence electrons. The molecule has 2 aromatic carbocycles. The third-order valence-corrected chi connectivity index (χ3v) is 5.46. The van der Waals surface area contributed by atoms with E-state index >= 15 is 0 Å². The summed E-state index contributed by atoms with van der Waals surface area (Å²) in [6.07, 6.45) is 1.17. The van der Waals surface area contributed by atoms with Crippen LogP contribution in [0.4, 0.5) is 10.1 Å². The second-order valence-corrected chi connectivity index (χ2v) is 8.44. The normalized spacial score (nSPS) is 12.7. The van der Waals surface area contributed by atoms with Crippen molar-refractivity contribution < 1.29 is 27.1 Å². The molecular weight excluding hydrogens is 411 g/mol. The molecule has 0 saturated carbocycles. The lowest BCUT2D eigenvalue weighted by Crippen LogP contribution is -2.30. The monoisotopic (exact) mass is 434 g/mol. The summed E-state index contributed by atoms with van der Waals surface area (Å²) in [4.78, 5) is 24.1. The second kappa shape index (κ2) is 10.1. The Hall–Kier alpha value is -3.04. The van der Waals surface area contributed by atoms with Crippen LogP contribution < -0.4 is 10.0 Å². The molecule has 0 aliphatic heterocycles. The van der Waals surface area contributed by atoms with Crippen molar-refractivity contribution in [2.45, 2.75) is 37.8 Å². The first-order chi connectivity index (χ1) is 14.1. The standard InChI is InChI=1S/C21H23FN2O5S/c1-14(2)24-30(27,28)18-11-9-17(10-12-18)23-21(26)15(3)29-20(25)13-8-16-6-4-5-7-19(16)22/h4-15,24H,1-3H3,(H,23,26)/b13-8+/t15-/m0/s1. The summed E-state index contributed by atoms with van der Waals surface area (Å²) >= 11 is 0. The fourth-order valence-electron chi connectivity index (χ4n) is 2.37. The highest BCUT2D eigenvalue weighted by Crippen LogP contribution is 2.15. The van der Waals surface area contributed by atoms with Crippen molar-refractivity contribution in [3.8, 4) is 0 Å². The highest BCUT2D eigenvalue weighted by atomic mass is 32.2. The number of halogens is 1. The van der Waals surface area contributed by atoms with Gasteiger partial charge in [0.15, 0.2) is 6.10 Å². The minimum Gasteiger partial charge on any atom is -0.449 e. The van der Waals surface area contributed by atoms with E-state index in [-0.39, 0.29) is 16.5 Å². The summed E-state index contributed by atoms with van der Waals surface area (Å²) in [5.41, 5.74) is 0.557. The Kier molecular flexibility index (Phi) is 7.85. The number of rotatable bonds is 8. The van der Waals surface area contributed by atoms with Crippen molar-refractivity contribution in [3.05, 3.63) is 66.0 Å². The summed E-state index contributed by atoms with van der Waals surface area (Å²) in [7, 11) is -3.64. The number of hydrogen-bond donors (Lipinski definition) is 2. The van der Waals surface area contributed by atoms with Crippen LogP contribution in [-0.4, -0.2) is 32.4 Å². The van der Waals surface area contributed by atoms with Crippen molar-refractivity contribution in [2.75, 3.05) is 5.32 Å². The molecule has 0 radical (unpaired) electrons. The van der Waals surface area contributed by atoms with Crippen molar-refractivity contribution >= 4 is 33.7 Å². The minimum absolute atomic E-state index is 0.0620. The molecule has 0 bridgehead atoms. The lowest BCUT2D eigenvalue weighted by molar-refractivity contribution is -0.148. The van der Waals surface area contributed by atoms with Gasteiger partial charge in [-0.25, -0.2) is 22.3 Å². The molecule has 0 spiro atoms. The van der Waals surface area contributed by atoms with Gasteiger partial charge >= 0.3 is 5.97 Å². The number of hydrogen-bond acceptors (Lipinski definition) is 5. The van der Waals surface area contributed by atoms with E-state index in [9.17, 15) is 22.4 Å². The van der Waals surface area contributed by atoms with Crippen LogP contribution in [0.25, 0.3) is 6.08 Å². The Morgan fingerprint density at radius 1 is 1.03 bits per heavy atom. The number of anilines is 1. The maximum atomic E-state index is 13.5. The van der Waals surface area contributed by atoms with E-state index in [0.717, 1.165) is 6.08 Å². The van der Waals surface area contributed by atoms with Crippen LogP contribution in [0, 0.1) is 5.82 Å². The number of sulfonamides is 1.